The minimum Gasteiger partial charge on any atom is -0.497 e. The lowest BCUT2D eigenvalue weighted by Gasteiger charge is -2.28. The summed E-state index contributed by atoms with van der Waals surface area (Å²) in [6, 6.07) is 18.2. The van der Waals surface area contributed by atoms with Gasteiger partial charge in [0.15, 0.2) is 0 Å². The summed E-state index contributed by atoms with van der Waals surface area (Å²) >= 11 is 0. The maximum atomic E-state index is 13.2. The normalized spacial score (nSPS) is 16.9. The van der Waals surface area contributed by atoms with Crippen molar-refractivity contribution < 1.29 is 37.0 Å². The van der Waals surface area contributed by atoms with Crippen LogP contribution in [-0.2, 0) is 22.2 Å². The number of halogens is 3. The molecule has 11 heteroatoms. The van der Waals surface area contributed by atoms with E-state index in [-0.39, 0.29) is 25.3 Å². The monoisotopic (exact) mass is 529 g/mol. The van der Waals surface area contributed by atoms with Gasteiger partial charge in [-0.3, -0.25) is 4.79 Å². The largest absolute Gasteiger partial charge is 0.497 e. The summed E-state index contributed by atoms with van der Waals surface area (Å²) in [5.74, 6) is 0.173. The average molecular weight is 530 g/mol. The first-order valence-corrected chi connectivity index (χ1v) is 11.7. The Labute approximate surface area is 217 Å². The number of rotatable bonds is 8. The minimum atomic E-state index is -4.48. The second-order valence-corrected chi connectivity index (χ2v) is 8.59. The van der Waals surface area contributed by atoms with Crippen LogP contribution < -0.4 is 20.7 Å². The molecule has 0 bridgehead atoms. The van der Waals surface area contributed by atoms with E-state index >= 15 is 0 Å². The number of carbonyl (C=O) groups is 2. The second kappa shape index (κ2) is 11.4. The van der Waals surface area contributed by atoms with Crippen LogP contribution in [0.3, 0.4) is 0 Å². The maximum Gasteiger partial charge on any atom is 0.418 e. The number of alkyl carbamates (subject to hydrolysis) is 1. The lowest BCUT2D eigenvalue weighted by molar-refractivity contribution is -0.136. The average Bonchev–Trinajstić information content (AvgIpc) is 3.35. The van der Waals surface area contributed by atoms with Crippen molar-refractivity contribution in [1.82, 2.24) is 10.6 Å². The summed E-state index contributed by atoms with van der Waals surface area (Å²) < 4.78 is 55.7. The number of alkyl halides is 3. The molecule has 1 heterocycles. The molecule has 0 aliphatic carbocycles. The SMILES string of the molecule is COc1ccc(C(=O)N[C@]2(OC(=O)NCc3ccc(Nc4ccccc4C(F)(F)F)cc3)CCOC2)cc1. The predicted molar refractivity (Wildman–Crippen MR) is 133 cm³/mol. The van der Waals surface area contributed by atoms with Crippen molar-refractivity contribution in [2.45, 2.75) is 24.9 Å². The van der Waals surface area contributed by atoms with Gasteiger partial charge in [0, 0.05) is 24.2 Å². The summed E-state index contributed by atoms with van der Waals surface area (Å²) in [4.78, 5) is 25.3. The number of anilines is 2. The number of carbonyl (C=O) groups excluding carboxylic acids is 2. The third-order valence-electron chi connectivity index (χ3n) is 5.87. The Kier molecular flexibility index (Phi) is 8.06. The highest BCUT2D eigenvalue weighted by atomic mass is 19.4. The Balaban J connectivity index is 1.33. The molecule has 1 saturated heterocycles. The maximum absolute atomic E-state index is 13.2. The predicted octanol–water partition coefficient (Wildman–Crippen LogP) is 5.23. The Morgan fingerprint density at radius 3 is 2.34 bits per heavy atom. The van der Waals surface area contributed by atoms with Gasteiger partial charge in [0.1, 0.15) is 12.4 Å². The molecule has 1 aliphatic rings. The van der Waals surface area contributed by atoms with Gasteiger partial charge in [0.05, 0.1) is 25.0 Å². The van der Waals surface area contributed by atoms with Gasteiger partial charge in [-0.25, -0.2) is 4.79 Å². The van der Waals surface area contributed by atoms with Crippen molar-refractivity contribution in [3.8, 4) is 5.75 Å². The second-order valence-electron chi connectivity index (χ2n) is 8.59. The molecule has 3 aromatic rings. The number of hydrogen-bond acceptors (Lipinski definition) is 6. The van der Waals surface area contributed by atoms with Gasteiger partial charge in [0.2, 0.25) is 5.72 Å². The van der Waals surface area contributed by atoms with Crippen molar-refractivity contribution in [2.75, 3.05) is 25.6 Å². The highest BCUT2D eigenvalue weighted by Crippen LogP contribution is 2.35. The first kappa shape index (κ1) is 26.8. The molecule has 2 amide bonds. The number of amides is 2. The quantitative estimate of drug-likeness (QED) is 0.346. The Hall–Kier alpha value is -4.25. The van der Waals surface area contributed by atoms with Crippen molar-refractivity contribution in [3.05, 3.63) is 89.5 Å². The molecule has 8 nitrogen and oxygen atoms in total. The highest BCUT2D eigenvalue weighted by Gasteiger charge is 2.41. The number of nitrogens with one attached hydrogen (secondary N) is 3. The van der Waals surface area contributed by atoms with Crippen molar-refractivity contribution >= 4 is 23.4 Å². The number of hydrogen-bond donors (Lipinski definition) is 3. The van der Waals surface area contributed by atoms with Crippen molar-refractivity contribution in [2.24, 2.45) is 0 Å². The van der Waals surface area contributed by atoms with Crippen LogP contribution in [0.4, 0.5) is 29.3 Å². The van der Waals surface area contributed by atoms with E-state index in [0.717, 1.165) is 6.07 Å². The molecule has 200 valence electrons. The molecule has 0 radical (unpaired) electrons. The lowest BCUT2D eigenvalue weighted by Crippen LogP contribution is -2.53. The zero-order valence-electron chi connectivity index (χ0n) is 20.4. The molecule has 0 saturated carbocycles. The molecule has 0 unspecified atom stereocenters. The van der Waals surface area contributed by atoms with Crippen LogP contribution in [0.2, 0.25) is 0 Å². The van der Waals surface area contributed by atoms with Gasteiger partial charge in [-0.1, -0.05) is 24.3 Å². The van der Waals surface area contributed by atoms with Gasteiger partial charge in [0.25, 0.3) is 5.91 Å². The Morgan fingerprint density at radius 1 is 1.00 bits per heavy atom. The molecular formula is C27H26F3N3O5. The third-order valence-corrected chi connectivity index (χ3v) is 5.87. The van der Waals surface area contributed by atoms with E-state index < -0.39 is 29.5 Å². The minimum absolute atomic E-state index is 0.00206. The fraction of sp³-hybridized carbons (Fsp3) is 0.259. The summed E-state index contributed by atoms with van der Waals surface area (Å²) in [5.41, 5.74) is -0.632. The molecule has 0 spiro atoms. The van der Waals surface area contributed by atoms with E-state index in [4.69, 9.17) is 14.2 Å². The van der Waals surface area contributed by atoms with Crippen LogP contribution in [0.1, 0.15) is 27.9 Å². The van der Waals surface area contributed by atoms with E-state index in [0.29, 0.717) is 29.2 Å². The topological polar surface area (TPSA) is 97.9 Å². The number of para-hydroxylation sites is 1. The van der Waals surface area contributed by atoms with Crippen LogP contribution in [0.5, 0.6) is 5.75 Å². The lowest BCUT2D eigenvalue weighted by atomic mass is 10.1. The van der Waals surface area contributed by atoms with Crippen LogP contribution in [0.15, 0.2) is 72.8 Å². The third kappa shape index (κ3) is 6.74. The van der Waals surface area contributed by atoms with Crippen LogP contribution in [0, 0.1) is 0 Å². The van der Waals surface area contributed by atoms with Gasteiger partial charge in [-0.15, -0.1) is 0 Å². The Morgan fingerprint density at radius 2 is 1.71 bits per heavy atom. The van der Waals surface area contributed by atoms with E-state index in [1.807, 2.05) is 0 Å². The van der Waals surface area contributed by atoms with E-state index in [9.17, 15) is 22.8 Å². The van der Waals surface area contributed by atoms with Crippen molar-refractivity contribution in [3.63, 3.8) is 0 Å². The molecule has 4 rings (SSSR count). The van der Waals surface area contributed by atoms with Gasteiger partial charge >= 0.3 is 12.3 Å². The summed E-state index contributed by atoms with van der Waals surface area (Å²) in [7, 11) is 1.52. The van der Waals surface area contributed by atoms with Gasteiger partial charge in [-0.2, -0.15) is 13.2 Å². The summed E-state index contributed by atoms with van der Waals surface area (Å²) in [6.07, 6.45) is -4.96. The molecule has 1 atom stereocenters. The molecule has 3 aromatic carbocycles. The first-order chi connectivity index (χ1) is 18.2. The summed E-state index contributed by atoms with van der Waals surface area (Å²) in [6.45, 7) is 0.409. The molecule has 0 aromatic heterocycles. The standard InChI is InChI=1S/C27H26F3N3O5/c1-36-21-12-8-19(9-13-21)24(34)33-26(14-15-37-17-26)38-25(35)31-16-18-6-10-20(11-7-18)32-23-5-3-2-4-22(23)27(28,29)30/h2-13,32H,14-17H2,1H3,(H,31,35)(H,33,34)/t26-/m0/s1. The van der Waals surface area contributed by atoms with Crippen molar-refractivity contribution in [1.29, 1.82) is 0 Å². The number of methoxy groups -OCH3 is 1. The zero-order valence-corrected chi connectivity index (χ0v) is 20.4. The van der Waals surface area contributed by atoms with Crippen LogP contribution >= 0.6 is 0 Å². The van der Waals surface area contributed by atoms with Gasteiger partial charge < -0.3 is 30.2 Å². The molecule has 1 fully saturated rings. The number of ether oxygens (including phenoxy) is 3. The first-order valence-electron chi connectivity index (χ1n) is 11.7. The fourth-order valence-corrected chi connectivity index (χ4v) is 3.86. The Bertz CT molecular complexity index is 1260. The molecule has 38 heavy (non-hydrogen) atoms. The molecular weight excluding hydrogens is 503 g/mol. The van der Waals surface area contributed by atoms with Crippen LogP contribution in [-0.4, -0.2) is 38.0 Å². The van der Waals surface area contributed by atoms with Gasteiger partial charge in [-0.05, 0) is 54.1 Å². The van der Waals surface area contributed by atoms with E-state index in [1.54, 1.807) is 48.5 Å². The zero-order chi connectivity index (χ0) is 27.2. The fourth-order valence-electron chi connectivity index (χ4n) is 3.86. The van der Waals surface area contributed by atoms with Crippen LogP contribution in [0.25, 0.3) is 0 Å². The van der Waals surface area contributed by atoms with E-state index in [1.165, 1.54) is 25.3 Å². The van der Waals surface area contributed by atoms with E-state index in [2.05, 4.69) is 16.0 Å². The molecule has 1 aliphatic heterocycles. The highest BCUT2D eigenvalue weighted by molar-refractivity contribution is 5.94. The smallest absolute Gasteiger partial charge is 0.418 e. The molecule has 3 N–H and O–H groups in total. The summed E-state index contributed by atoms with van der Waals surface area (Å²) in [5, 5.41) is 8.14. The number of benzene rings is 3.